The molecule has 0 fully saturated rings. The SMILES string of the molecule is CCC/C=C\CCCCCCCC(=O)OCC(COC(=O)CCCCCCCCCCC/C=C\C/C=C\CCCCC)OC(=O)CCCCCCCCCCC/C=C\CCCCCCCC. The second kappa shape index (κ2) is 55.0. The first kappa shape index (κ1) is 63.4. The minimum atomic E-state index is -0.778. The van der Waals surface area contributed by atoms with Crippen molar-refractivity contribution in [1.29, 1.82) is 0 Å². The molecule has 0 saturated carbocycles. The summed E-state index contributed by atoms with van der Waals surface area (Å²) < 4.78 is 16.8. The first-order chi connectivity index (χ1) is 32.5. The Balaban J connectivity index is 4.29. The number of rotatable bonds is 52. The third-order valence-corrected chi connectivity index (χ3v) is 12.5. The van der Waals surface area contributed by atoms with Crippen LogP contribution >= 0.6 is 0 Å². The van der Waals surface area contributed by atoms with Crippen LogP contribution in [0.5, 0.6) is 0 Å². The standard InChI is InChI=1S/C60H108O6/c1-4-7-10-13-16-19-22-24-26-28-30-32-34-36-38-41-44-47-50-53-59(62)65-56-57(55-64-58(61)52-49-46-43-40-21-18-15-12-9-6-3)66-60(63)54-51-48-45-42-39-37-35-33-31-29-27-25-23-20-17-14-11-8-5-2/h12,15-16,19,24-27,57H,4-11,13-14,17-18,20-23,28-56H2,1-3H3/b15-12-,19-16-,26-24-,27-25-. The van der Waals surface area contributed by atoms with E-state index < -0.39 is 6.10 Å². The third-order valence-electron chi connectivity index (χ3n) is 12.5. The highest BCUT2D eigenvalue weighted by atomic mass is 16.6. The Morgan fingerprint density at radius 3 is 0.939 bits per heavy atom. The van der Waals surface area contributed by atoms with E-state index in [0.717, 1.165) is 77.0 Å². The summed E-state index contributed by atoms with van der Waals surface area (Å²) in [7, 11) is 0. The van der Waals surface area contributed by atoms with Crippen molar-refractivity contribution in [2.24, 2.45) is 0 Å². The first-order valence-electron chi connectivity index (χ1n) is 28.6. The van der Waals surface area contributed by atoms with Gasteiger partial charge in [-0.15, -0.1) is 0 Å². The molecule has 0 radical (unpaired) electrons. The van der Waals surface area contributed by atoms with Crippen LogP contribution in [-0.2, 0) is 28.6 Å². The van der Waals surface area contributed by atoms with Crippen LogP contribution in [0.3, 0.4) is 0 Å². The van der Waals surface area contributed by atoms with Crippen molar-refractivity contribution >= 4 is 17.9 Å². The van der Waals surface area contributed by atoms with Crippen LogP contribution in [0.2, 0.25) is 0 Å². The van der Waals surface area contributed by atoms with Crippen LogP contribution < -0.4 is 0 Å². The molecule has 0 aliphatic carbocycles. The number of unbranched alkanes of at least 4 members (excludes halogenated alkanes) is 33. The van der Waals surface area contributed by atoms with Crippen molar-refractivity contribution in [1.82, 2.24) is 0 Å². The van der Waals surface area contributed by atoms with E-state index in [4.69, 9.17) is 14.2 Å². The lowest BCUT2D eigenvalue weighted by atomic mass is 10.1. The van der Waals surface area contributed by atoms with Crippen molar-refractivity contribution in [2.45, 2.75) is 303 Å². The zero-order valence-electron chi connectivity index (χ0n) is 44.0. The zero-order valence-corrected chi connectivity index (χ0v) is 44.0. The van der Waals surface area contributed by atoms with Crippen molar-refractivity contribution in [2.75, 3.05) is 13.2 Å². The summed E-state index contributed by atoms with van der Waals surface area (Å²) in [5.41, 5.74) is 0. The Bertz CT molecular complexity index is 1150. The molecule has 0 aliphatic heterocycles. The number of esters is 3. The minimum absolute atomic E-state index is 0.0774. The van der Waals surface area contributed by atoms with Gasteiger partial charge in [0.2, 0.25) is 0 Å². The van der Waals surface area contributed by atoms with Gasteiger partial charge in [-0.3, -0.25) is 14.4 Å². The summed E-state index contributed by atoms with van der Waals surface area (Å²) in [4.78, 5) is 38.1. The van der Waals surface area contributed by atoms with Gasteiger partial charge >= 0.3 is 17.9 Å². The van der Waals surface area contributed by atoms with Crippen LogP contribution in [0.4, 0.5) is 0 Å². The van der Waals surface area contributed by atoms with Crippen molar-refractivity contribution in [3.05, 3.63) is 48.6 Å². The Morgan fingerprint density at radius 1 is 0.303 bits per heavy atom. The predicted octanol–water partition coefficient (Wildman–Crippen LogP) is 19.0. The van der Waals surface area contributed by atoms with Crippen LogP contribution in [0.25, 0.3) is 0 Å². The maximum atomic E-state index is 12.8. The molecule has 384 valence electrons. The van der Waals surface area contributed by atoms with E-state index in [1.54, 1.807) is 0 Å². The molecular formula is C60H108O6. The topological polar surface area (TPSA) is 78.9 Å². The molecule has 0 aliphatic rings. The molecule has 1 unspecified atom stereocenters. The molecule has 66 heavy (non-hydrogen) atoms. The number of ether oxygens (including phenoxy) is 3. The van der Waals surface area contributed by atoms with Crippen LogP contribution in [0, 0.1) is 0 Å². The van der Waals surface area contributed by atoms with Crippen molar-refractivity contribution < 1.29 is 28.6 Å². The van der Waals surface area contributed by atoms with Gasteiger partial charge in [0, 0.05) is 19.3 Å². The molecule has 6 nitrogen and oxygen atoms in total. The van der Waals surface area contributed by atoms with Gasteiger partial charge in [0.05, 0.1) is 0 Å². The Labute approximate surface area is 409 Å². The first-order valence-corrected chi connectivity index (χ1v) is 28.6. The molecule has 0 aromatic heterocycles. The maximum absolute atomic E-state index is 12.8. The summed E-state index contributed by atoms with van der Waals surface area (Å²) in [6, 6.07) is 0. The quantitative estimate of drug-likeness (QED) is 0.0262. The monoisotopic (exact) mass is 925 g/mol. The number of hydrogen-bond acceptors (Lipinski definition) is 6. The molecule has 0 aromatic carbocycles. The van der Waals surface area contributed by atoms with E-state index in [-0.39, 0.29) is 31.1 Å². The van der Waals surface area contributed by atoms with Gasteiger partial charge in [-0.1, -0.05) is 230 Å². The van der Waals surface area contributed by atoms with E-state index in [2.05, 4.69) is 69.4 Å². The average Bonchev–Trinajstić information content (AvgIpc) is 3.31. The summed E-state index contributed by atoms with van der Waals surface area (Å²) in [6.07, 6.45) is 66.8. The molecule has 0 heterocycles. The maximum Gasteiger partial charge on any atom is 0.306 e. The van der Waals surface area contributed by atoms with Gasteiger partial charge in [-0.2, -0.15) is 0 Å². The second-order valence-electron chi connectivity index (χ2n) is 19.2. The molecule has 1 atom stereocenters. The molecule has 0 N–H and O–H groups in total. The summed E-state index contributed by atoms with van der Waals surface area (Å²) in [5, 5.41) is 0. The largest absolute Gasteiger partial charge is 0.462 e. The van der Waals surface area contributed by atoms with Gasteiger partial charge in [0.15, 0.2) is 6.10 Å². The lowest BCUT2D eigenvalue weighted by Gasteiger charge is -2.18. The third kappa shape index (κ3) is 52.3. The van der Waals surface area contributed by atoms with Gasteiger partial charge in [-0.05, 0) is 96.3 Å². The van der Waals surface area contributed by atoms with Crippen LogP contribution in [0.15, 0.2) is 48.6 Å². The lowest BCUT2D eigenvalue weighted by molar-refractivity contribution is -0.167. The molecule has 0 amide bonds. The van der Waals surface area contributed by atoms with Gasteiger partial charge in [0.1, 0.15) is 13.2 Å². The molecule has 6 heteroatoms. The number of carbonyl (C=O) groups is 3. The van der Waals surface area contributed by atoms with Gasteiger partial charge < -0.3 is 14.2 Å². The normalized spacial score (nSPS) is 12.3. The second-order valence-corrected chi connectivity index (χ2v) is 19.2. The fraction of sp³-hybridized carbons (Fsp3) is 0.817. The fourth-order valence-electron chi connectivity index (χ4n) is 8.18. The van der Waals surface area contributed by atoms with Crippen molar-refractivity contribution in [3.63, 3.8) is 0 Å². The zero-order chi connectivity index (χ0) is 47.9. The number of carbonyl (C=O) groups excluding carboxylic acids is 3. The Kier molecular flexibility index (Phi) is 52.8. The smallest absolute Gasteiger partial charge is 0.306 e. The summed E-state index contributed by atoms with van der Waals surface area (Å²) in [6.45, 7) is 6.56. The minimum Gasteiger partial charge on any atom is -0.462 e. The molecule has 0 bridgehead atoms. The lowest BCUT2D eigenvalue weighted by Crippen LogP contribution is -2.30. The average molecular weight is 926 g/mol. The van der Waals surface area contributed by atoms with E-state index >= 15 is 0 Å². The Morgan fingerprint density at radius 2 is 0.576 bits per heavy atom. The molecule has 0 aromatic rings. The molecule has 0 spiro atoms. The molecule has 0 rings (SSSR count). The van der Waals surface area contributed by atoms with Gasteiger partial charge in [-0.25, -0.2) is 0 Å². The van der Waals surface area contributed by atoms with E-state index in [9.17, 15) is 14.4 Å². The highest BCUT2D eigenvalue weighted by molar-refractivity contribution is 5.71. The van der Waals surface area contributed by atoms with Crippen LogP contribution in [-0.4, -0.2) is 37.2 Å². The number of allylic oxidation sites excluding steroid dienone is 8. The molecule has 0 saturated heterocycles. The summed E-state index contributed by atoms with van der Waals surface area (Å²) >= 11 is 0. The highest BCUT2D eigenvalue weighted by Gasteiger charge is 2.19. The van der Waals surface area contributed by atoms with E-state index in [0.29, 0.717) is 19.3 Å². The fourth-order valence-corrected chi connectivity index (χ4v) is 8.18. The van der Waals surface area contributed by atoms with Crippen LogP contribution in [0.1, 0.15) is 297 Å². The Hall–Kier alpha value is -2.63. The number of hydrogen-bond donors (Lipinski definition) is 0. The van der Waals surface area contributed by atoms with Crippen molar-refractivity contribution in [3.8, 4) is 0 Å². The predicted molar refractivity (Wildman–Crippen MR) is 284 cm³/mol. The van der Waals surface area contributed by atoms with E-state index in [1.807, 2.05) is 0 Å². The summed E-state index contributed by atoms with van der Waals surface area (Å²) in [5.74, 6) is -0.883. The van der Waals surface area contributed by atoms with Gasteiger partial charge in [0.25, 0.3) is 0 Å². The van der Waals surface area contributed by atoms with E-state index in [1.165, 1.54) is 180 Å². The molecular weight excluding hydrogens is 817 g/mol. The highest BCUT2D eigenvalue weighted by Crippen LogP contribution is 2.16.